The summed E-state index contributed by atoms with van der Waals surface area (Å²) in [5.74, 6) is 0.781. The molecule has 1 saturated heterocycles. The van der Waals surface area contributed by atoms with Gasteiger partial charge >= 0.3 is 6.09 Å². The molecule has 1 amide bonds. The van der Waals surface area contributed by atoms with Crippen LogP contribution in [0.3, 0.4) is 0 Å². The maximum atomic E-state index is 11.0. The SMILES string of the molecule is NCCc1cccc(OC[C@H]2CCCN2C(=O)O)c1. The molecule has 0 saturated carbocycles. The van der Waals surface area contributed by atoms with Crippen LogP contribution in [0.4, 0.5) is 4.79 Å². The summed E-state index contributed by atoms with van der Waals surface area (Å²) in [6.07, 6.45) is 1.74. The van der Waals surface area contributed by atoms with Crippen LogP contribution in [0.25, 0.3) is 0 Å². The molecule has 1 heterocycles. The van der Waals surface area contributed by atoms with E-state index in [0.717, 1.165) is 30.6 Å². The number of ether oxygens (including phenoxy) is 1. The van der Waals surface area contributed by atoms with E-state index < -0.39 is 6.09 Å². The molecule has 5 nitrogen and oxygen atoms in total. The van der Waals surface area contributed by atoms with E-state index in [9.17, 15) is 4.79 Å². The van der Waals surface area contributed by atoms with Gasteiger partial charge in [-0.05, 0) is 43.5 Å². The zero-order chi connectivity index (χ0) is 13.7. The molecule has 1 aromatic rings. The van der Waals surface area contributed by atoms with Crippen molar-refractivity contribution in [1.82, 2.24) is 4.90 Å². The van der Waals surface area contributed by atoms with Crippen LogP contribution in [0.15, 0.2) is 24.3 Å². The van der Waals surface area contributed by atoms with Gasteiger partial charge in [0.1, 0.15) is 12.4 Å². The van der Waals surface area contributed by atoms with Crippen molar-refractivity contribution in [1.29, 1.82) is 0 Å². The summed E-state index contributed by atoms with van der Waals surface area (Å²) in [5.41, 5.74) is 6.66. The molecule has 2 rings (SSSR count). The first-order chi connectivity index (χ1) is 9.20. The zero-order valence-corrected chi connectivity index (χ0v) is 10.9. The largest absolute Gasteiger partial charge is 0.491 e. The molecule has 19 heavy (non-hydrogen) atoms. The van der Waals surface area contributed by atoms with E-state index in [1.54, 1.807) is 0 Å². The van der Waals surface area contributed by atoms with Crippen molar-refractivity contribution in [2.75, 3.05) is 19.7 Å². The third kappa shape index (κ3) is 3.61. The predicted molar refractivity (Wildman–Crippen MR) is 72.4 cm³/mol. The number of carboxylic acid groups (broad SMARTS) is 1. The number of likely N-dealkylation sites (tertiary alicyclic amines) is 1. The number of carbonyl (C=O) groups is 1. The van der Waals surface area contributed by atoms with Gasteiger partial charge in [-0.15, -0.1) is 0 Å². The maximum absolute atomic E-state index is 11.0. The Morgan fingerprint density at radius 2 is 2.37 bits per heavy atom. The zero-order valence-electron chi connectivity index (χ0n) is 10.9. The molecule has 0 spiro atoms. The Balaban J connectivity index is 1.91. The van der Waals surface area contributed by atoms with Gasteiger partial charge < -0.3 is 20.5 Å². The highest BCUT2D eigenvalue weighted by Gasteiger charge is 2.28. The fourth-order valence-electron chi connectivity index (χ4n) is 2.41. The lowest BCUT2D eigenvalue weighted by atomic mass is 10.1. The molecule has 1 aromatic carbocycles. The number of nitrogens with two attached hydrogens (primary N) is 1. The second kappa shape index (κ2) is 6.43. The summed E-state index contributed by atoms with van der Waals surface area (Å²) < 4.78 is 5.71. The molecule has 0 aliphatic carbocycles. The minimum absolute atomic E-state index is 0.0318. The van der Waals surface area contributed by atoms with Gasteiger partial charge in [0.05, 0.1) is 6.04 Å². The molecule has 0 aromatic heterocycles. The third-order valence-corrected chi connectivity index (χ3v) is 3.40. The van der Waals surface area contributed by atoms with E-state index in [1.807, 2.05) is 24.3 Å². The summed E-state index contributed by atoms with van der Waals surface area (Å²) in [6, 6.07) is 7.77. The lowest BCUT2D eigenvalue weighted by Crippen LogP contribution is -2.38. The molecule has 0 unspecified atom stereocenters. The maximum Gasteiger partial charge on any atom is 0.407 e. The number of nitrogens with zero attached hydrogens (tertiary/aromatic N) is 1. The van der Waals surface area contributed by atoms with Crippen LogP contribution < -0.4 is 10.5 Å². The summed E-state index contributed by atoms with van der Waals surface area (Å²) >= 11 is 0. The molecule has 0 bridgehead atoms. The number of hydrogen-bond donors (Lipinski definition) is 2. The summed E-state index contributed by atoms with van der Waals surface area (Å²) in [7, 11) is 0. The van der Waals surface area contributed by atoms with Crippen molar-refractivity contribution in [3.63, 3.8) is 0 Å². The van der Waals surface area contributed by atoms with Gasteiger partial charge in [0.2, 0.25) is 0 Å². The number of amides is 1. The van der Waals surface area contributed by atoms with Crippen molar-refractivity contribution in [2.24, 2.45) is 5.73 Å². The molecule has 1 fully saturated rings. The number of hydrogen-bond acceptors (Lipinski definition) is 3. The Morgan fingerprint density at radius 1 is 1.53 bits per heavy atom. The van der Waals surface area contributed by atoms with Gasteiger partial charge in [-0.2, -0.15) is 0 Å². The molecule has 1 atom stereocenters. The second-order valence-electron chi connectivity index (χ2n) is 4.77. The summed E-state index contributed by atoms with van der Waals surface area (Å²) in [6.45, 7) is 1.63. The first-order valence-electron chi connectivity index (χ1n) is 6.62. The van der Waals surface area contributed by atoms with Crippen LogP contribution in [0.1, 0.15) is 18.4 Å². The standard InChI is InChI=1S/C14H20N2O3/c15-7-6-11-3-1-5-13(9-11)19-10-12-4-2-8-16(12)14(17)18/h1,3,5,9,12H,2,4,6-8,10,15H2,(H,17,18)/t12-/m1/s1. The van der Waals surface area contributed by atoms with E-state index in [2.05, 4.69) is 0 Å². The van der Waals surface area contributed by atoms with Gasteiger partial charge in [0.25, 0.3) is 0 Å². The van der Waals surface area contributed by atoms with E-state index in [0.29, 0.717) is 19.7 Å². The topological polar surface area (TPSA) is 75.8 Å². The predicted octanol–water partition coefficient (Wildman–Crippen LogP) is 1.71. The van der Waals surface area contributed by atoms with Gasteiger partial charge in [-0.1, -0.05) is 12.1 Å². The monoisotopic (exact) mass is 264 g/mol. The Kier molecular flexibility index (Phi) is 4.63. The minimum Gasteiger partial charge on any atom is -0.491 e. The van der Waals surface area contributed by atoms with Gasteiger partial charge in [-0.3, -0.25) is 0 Å². The first kappa shape index (κ1) is 13.7. The van der Waals surface area contributed by atoms with Gasteiger partial charge in [0.15, 0.2) is 0 Å². The van der Waals surface area contributed by atoms with Crippen molar-refractivity contribution in [3.05, 3.63) is 29.8 Å². The van der Waals surface area contributed by atoms with E-state index in [4.69, 9.17) is 15.6 Å². The van der Waals surface area contributed by atoms with Gasteiger partial charge in [0, 0.05) is 6.54 Å². The van der Waals surface area contributed by atoms with Crippen LogP contribution in [-0.4, -0.2) is 41.8 Å². The van der Waals surface area contributed by atoms with Crippen LogP contribution in [0.2, 0.25) is 0 Å². The lowest BCUT2D eigenvalue weighted by molar-refractivity contribution is 0.123. The van der Waals surface area contributed by atoms with Crippen LogP contribution in [0, 0.1) is 0 Å². The molecular formula is C14H20N2O3. The first-order valence-corrected chi connectivity index (χ1v) is 6.62. The molecule has 104 valence electrons. The summed E-state index contributed by atoms with van der Waals surface area (Å²) in [5, 5.41) is 9.05. The van der Waals surface area contributed by atoms with E-state index >= 15 is 0 Å². The third-order valence-electron chi connectivity index (χ3n) is 3.40. The highest BCUT2D eigenvalue weighted by atomic mass is 16.5. The fraction of sp³-hybridized carbons (Fsp3) is 0.500. The van der Waals surface area contributed by atoms with Crippen LogP contribution >= 0.6 is 0 Å². The minimum atomic E-state index is -0.858. The lowest BCUT2D eigenvalue weighted by Gasteiger charge is -2.21. The Morgan fingerprint density at radius 3 is 3.11 bits per heavy atom. The highest BCUT2D eigenvalue weighted by Crippen LogP contribution is 2.20. The average Bonchev–Trinajstić information content (AvgIpc) is 2.86. The quantitative estimate of drug-likeness (QED) is 0.849. The van der Waals surface area contributed by atoms with E-state index in [-0.39, 0.29) is 6.04 Å². The normalized spacial score (nSPS) is 18.6. The molecule has 5 heteroatoms. The second-order valence-corrected chi connectivity index (χ2v) is 4.77. The van der Waals surface area contributed by atoms with Crippen molar-refractivity contribution in [2.45, 2.75) is 25.3 Å². The molecule has 1 aliphatic rings. The van der Waals surface area contributed by atoms with E-state index in [1.165, 1.54) is 4.90 Å². The van der Waals surface area contributed by atoms with Crippen molar-refractivity contribution < 1.29 is 14.6 Å². The Bertz CT molecular complexity index is 436. The number of rotatable bonds is 5. The number of benzene rings is 1. The van der Waals surface area contributed by atoms with Crippen molar-refractivity contribution in [3.8, 4) is 5.75 Å². The van der Waals surface area contributed by atoms with Crippen molar-refractivity contribution >= 4 is 6.09 Å². The van der Waals surface area contributed by atoms with Crippen LogP contribution in [0.5, 0.6) is 5.75 Å². The molecule has 0 radical (unpaired) electrons. The molecule has 1 aliphatic heterocycles. The Hall–Kier alpha value is -1.75. The molecular weight excluding hydrogens is 244 g/mol. The average molecular weight is 264 g/mol. The highest BCUT2D eigenvalue weighted by molar-refractivity contribution is 5.65. The van der Waals surface area contributed by atoms with Gasteiger partial charge in [-0.25, -0.2) is 4.79 Å². The Labute approximate surface area is 113 Å². The smallest absolute Gasteiger partial charge is 0.407 e. The summed E-state index contributed by atoms with van der Waals surface area (Å²) in [4.78, 5) is 12.5. The molecule has 3 N–H and O–H groups in total. The fourth-order valence-corrected chi connectivity index (χ4v) is 2.41. The van der Waals surface area contributed by atoms with Crippen LogP contribution in [-0.2, 0) is 6.42 Å².